The smallest absolute Gasteiger partial charge is 0.256 e. The fourth-order valence-corrected chi connectivity index (χ4v) is 1.94. The number of carbonyl (C=O) groups excluding carboxylic acids is 1. The summed E-state index contributed by atoms with van der Waals surface area (Å²) < 4.78 is 6.61. The number of para-hydroxylation sites is 1. The standard InChI is InChI=1S/C15H17N3O3/c1-11-9-16-10-18(15(11)20)8-7-17-14(19)12-5-3-4-6-13(12)21-2/h3-6,9-10H,7-8H2,1-2H3,(H,17,19). The third-order valence-electron chi connectivity index (χ3n) is 3.06. The maximum atomic E-state index is 12.1. The molecule has 6 heteroatoms. The molecule has 0 aliphatic heterocycles. The zero-order chi connectivity index (χ0) is 15.2. The van der Waals surface area contributed by atoms with Crippen molar-refractivity contribution in [1.82, 2.24) is 14.9 Å². The normalized spacial score (nSPS) is 10.2. The van der Waals surface area contributed by atoms with Crippen molar-refractivity contribution in [3.05, 3.63) is 58.3 Å². The minimum Gasteiger partial charge on any atom is -0.496 e. The highest BCUT2D eigenvalue weighted by molar-refractivity contribution is 5.96. The van der Waals surface area contributed by atoms with Gasteiger partial charge in [-0.2, -0.15) is 0 Å². The van der Waals surface area contributed by atoms with Gasteiger partial charge in [-0.1, -0.05) is 12.1 Å². The van der Waals surface area contributed by atoms with Crippen molar-refractivity contribution >= 4 is 5.91 Å². The van der Waals surface area contributed by atoms with E-state index in [9.17, 15) is 9.59 Å². The van der Waals surface area contributed by atoms with Gasteiger partial charge >= 0.3 is 0 Å². The van der Waals surface area contributed by atoms with E-state index in [0.717, 1.165) is 0 Å². The molecule has 0 spiro atoms. The van der Waals surface area contributed by atoms with E-state index in [1.807, 2.05) is 0 Å². The van der Waals surface area contributed by atoms with Gasteiger partial charge in [0.05, 0.1) is 19.0 Å². The summed E-state index contributed by atoms with van der Waals surface area (Å²) in [5.74, 6) is 0.283. The molecule has 0 saturated carbocycles. The van der Waals surface area contributed by atoms with Crippen LogP contribution in [0.25, 0.3) is 0 Å². The fraction of sp³-hybridized carbons (Fsp3) is 0.267. The van der Waals surface area contributed by atoms with Crippen molar-refractivity contribution in [2.75, 3.05) is 13.7 Å². The largest absolute Gasteiger partial charge is 0.496 e. The van der Waals surface area contributed by atoms with Gasteiger partial charge in [-0.25, -0.2) is 4.98 Å². The highest BCUT2D eigenvalue weighted by Crippen LogP contribution is 2.16. The molecule has 0 unspecified atom stereocenters. The maximum absolute atomic E-state index is 12.1. The Balaban J connectivity index is 1.99. The first-order chi connectivity index (χ1) is 10.1. The van der Waals surface area contributed by atoms with Gasteiger partial charge in [0.1, 0.15) is 5.75 Å². The number of aryl methyl sites for hydroxylation is 1. The van der Waals surface area contributed by atoms with Crippen LogP contribution in [0.3, 0.4) is 0 Å². The third kappa shape index (κ3) is 3.47. The molecule has 0 aliphatic rings. The summed E-state index contributed by atoms with van der Waals surface area (Å²) in [6.07, 6.45) is 2.98. The number of nitrogens with one attached hydrogen (secondary N) is 1. The molecule has 21 heavy (non-hydrogen) atoms. The number of amides is 1. The molecule has 0 atom stereocenters. The molecule has 0 bridgehead atoms. The lowest BCUT2D eigenvalue weighted by Crippen LogP contribution is -2.31. The Hall–Kier alpha value is -2.63. The monoisotopic (exact) mass is 287 g/mol. The summed E-state index contributed by atoms with van der Waals surface area (Å²) in [6, 6.07) is 6.98. The summed E-state index contributed by atoms with van der Waals surface area (Å²) in [5, 5.41) is 2.76. The quantitative estimate of drug-likeness (QED) is 0.890. The molecule has 2 rings (SSSR count). The first-order valence-electron chi connectivity index (χ1n) is 6.55. The second kappa shape index (κ2) is 6.69. The Kier molecular flexibility index (Phi) is 4.71. The van der Waals surface area contributed by atoms with Crippen LogP contribution < -0.4 is 15.6 Å². The fourth-order valence-electron chi connectivity index (χ4n) is 1.94. The molecule has 0 fully saturated rings. The number of hydrogen-bond donors (Lipinski definition) is 1. The van der Waals surface area contributed by atoms with Crippen molar-refractivity contribution in [2.45, 2.75) is 13.5 Å². The van der Waals surface area contributed by atoms with Crippen molar-refractivity contribution in [2.24, 2.45) is 0 Å². The zero-order valence-electron chi connectivity index (χ0n) is 12.0. The topological polar surface area (TPSA) is 73.2 Å². The first kappa shape index (κ1) is 14.8. The Morgan fingerprint density at radius 3 is 2.90 bits per heavy atom. The van der Waals surface area contributed by atoms with E-state index < -0.39 is 0 Å². The van der Waals surface area contributed by atoms with Crippen LogP contribution in [0.15, 0.2) is 41.6 Å². The van der Waals surface area contributed by atoms with E-state index in [4.69, 9.17) is 4.74 Å². The van der Waals surface area contributed by atoms with E-state index in [1.54, 1.807) is 31.2 Å². The van der Waals surface area contributed by atoms with Crippen molar-refractivity contribution in [3.8, 4) is 5.75 Å². The average Bonchev–Trinajstić information content (AvgIpc) is 2.51. The summed E-state index contributed by atoms with van der Waals surface area (Å²) in [7, 11) is 1.52. The molecule has 1 aromatic heterocycles. The molecule has 1 N–H and O–H groups in total. The molecule has 6 nitrogen and oxygen atoms in total. The Morgan fingerprint density at radius 2 is 2.14 bits per heavy atom. The van der Waals surface area contributed by atoms with E-state index in [2.05, 4.69) is 10.3 Å². The second-order valence-corrected chi connectivity index (χ2v) is 4.53. The Labute approximate surface area is 122 Å². The lowest BCUT2D eigenvalue weighted by Gasteiger charge is -2.10. The van der Waals surface area contributed by atoms with Crippen LogP contribution in [0.1, 0.15) is 15.9 Å². The van der Waals surface area contributed by atoms with Gasteiger partial charge in [0.15, 0.2) is 0 Å². The Morgan fingerprint density at radius 1 is 1.38 bits per heavy atom. The average molecular weight is 287 g/mol. The lowest BCUT2D eigenvalue weighted by molar-refractivity contribution is 0.0949. The van der Waals surface area contributed by atoms with E-state index in [0.29, 0.717) is 30.0 Å². The molecule has 1 amide bonds. The Bertz CT molecular complexity index is 695. The van der Waals surface area contributed by atoms with E-state index >= 15 is 0 Å². The summed E-state index contributed by atoms with van der Waals surface area (Å²) in [6.45, 7) is 2.41. The summed E-state index contributed by atoms with van der Waals surface area (Å²) >= 11 is 0. The van der Waals surface area contributed by atoms with Gasteiger partial charge in [0.25, 0.3) is 11.5 Å². The highest BCUT2D eigenvalue weighted by atomic mass is 16.5. The van der Waals surface area contributed by atoms with Gasteiger partial charge in [-0.15, -0.1) is 0 Å². The maximum Gasteiger partial charge on any atom is 0.256 e. The van der Waals surface area contributed by atoms with Gasteiger partial charge < -0.3 is 10.1 Å². The minimum atomic E-state index is -0.235. The third-order valence-corrected chi connectivity index (χ3v) is 3.06. The number of aromatic nitrogens is 2. The van der Waals surface area contributed by atoms with Crippen molar-refractivity contribution in [1.29, 1.82) is 0 Å². The minimum absolute atomic E-state index is 0.100. The zero-order valence-corrected chi connectivity index (χ0v) is 12.0. The highest BCUT2D eigenvalue weighted by Gasteiger charge is 2.10. The molecule has 1 heterocycles. The number of hydrogen-bond acceptors (Lipinski definition) is 4. The molecular formula is C15H17N3O3. The van der Waals surface area contributed by atoms with Crippen molar-refractivity contribution < 1.29 is 9.53 Å². The van der Waals surface area contributed by atoms with Crippen LogP contribution in [0.5, 0.6) is 5.75 Å². The molecule has 110 valence electrons. The number of nitrogens with zero attached hydrogens (tertiary/aromatic N) is 2. The number of methoxy groups -OCH3 is 1. The molecule has 0 saturated heterocycles. The molecule has 0 aliphatic carbocycles. The molecule has 0 radical (unpaired) electrons. The number of rotatable bonds is 5. The summed E-state index contributed by atoms with van der Waals surface area (Å²) in [5.41, 5.74) is 0.944. The summed E-state index contributed by atoms with van der Waals surface area (Å²) in [4.78, 5) is 27.8. The number of ether oxygens (including phenoxy) is 1. The van der Waals surface area contributed by atoms with Crippen LogP contribution in [-0.2, 0) is 6.54 Å². The SMILES string of the molecule is COc1ccccc1C(=O)NCCn1cncc(C)c1=O. The van der Waals surface area contributed by atoms with Crippen LogP contribution in [-0.4, -0.2) is 29.1 Å². The predicted octanol–water partition coefficient (Wildman–Crippen LogP) is 0.990. The first-order valence-corrected chi connectivity index (χ1v) is 6.55. The van der Waals surface area contributed by atoms with E-state index in [-0.39, 0.29) is 11.5 Å². The van der Waals surface area contributed by atoms with Crippen molar-refractivity contribution in [3.63, 3.8) is 0 Å². The molecule has 2 aromatic rings. The van der Waals surface area contributed by atoms with Gasteiger partial charge in [0.2, 0.25) is 0 Å². The van der Waals surface area contributed by atoms with Gasteiger partial charge in [-0.05, 0) is 19.1 Å². The number of benzene rings is 1. The van der Waals surface area contributed by atoms with Gasteiger partial charge in [0, 0.05) is 24.8 Å². The van der Waals surface area contributed by atoms with Crippen LogP contribution in [0.2, 0.25) is 0 Å². The predicted molar refractivity (Wildman–Crippen MR) is 78.6 cm³/mol. The van der Waals surface area contributed by atoms with Gasteiger partial charge in [-0.3, -0.25) is 14.2 Å². The lowest BCUT2D eigenvalue weighted by atomic mass is 10.2. The molecule has 1 aromatic carbocycles. The molecular weight excluding hydrogens is 270 g/mol. The van der Waals surface area contributed by atoms with Crippen LogP contribution in [0.4, 0.5) is 0 Å². The number of carbonyl (C=O) groups is 1. The van der Waals surface area contributed by atoms with E-state index in [1.165, 1.54) is 24.2 Å². The second-order valence-electron chi connectivity index (χ2n) is 4.53. The van der Waals surface area contributed by atoms with Crippen LogP contribution >= 0.6 is 0 Å². The van der Waals surface area contributed by atoms with Crippen LogP contribution in [0, 0.1) is 6.92 Å².